The van der Waals surface area contributed by atoms with Crippen molar-refractivity contribution in [1.82, 2.24) is 0 Å². The zero-order chi connectivity index (χ0) is 16.1. The first-order chi connectivity index (χ1) is 11.0. The fourth-order valence-electron chi connectivity index (χ4n) is 4.23. The highest BCUT2D eigenvalue weighted by molar-refractivity contribution is 6.31. The van der Waals surface area contributed by atoms with Gasteiger partial charge in [-0.15, -0.1) is 0 Å². The molecule has 2 aliphatic carbocycles. The second-order valence-corrected chi connectivity index (χ2v) is 7.13. The van der Waals surface area contributed by atoms with Crippen LogP contribution in [0.2, 0.25) is 5.02 Å². The number of aromatic nitrogens is 1. The molecule has 0 spiro atoms. The average molecular weight is 329 g/mol. The van der Waals surface area contributed by atoms with E-state index in [0.717, 1.165) is 41.4 Å². The lowest BCUT2D eigenvalue weighted by Gasteiger charge is -2.33. The van der Waals surface area contributed by atoms with Crippen LogP contribution in [0.3, 0.4) is 0 Å². The molecule has 4 rings (SSSR count). The van der Waals surface area contributed by atoms with Crippen molar-refractivity contribution in [1.29, 1.82) is 0 Å². The van der Waals surface area contributed by atoms with E-state index in [1.165, 1.54) is 11.3 Å². The normalized spacial score (nSPS) is 22.6. The Morgan fingerprint density at radius 2 is 2.17 bits per heavy atom. The van der Waals surface area contributed by atoms with E-state index in [4.69, 9.17) is 23.1 Å². The van der Waals surface area contributed by atoms with E-state index in [-0.39, 0.29) is 5.91 Å². The molecule has 0 fully saturated rings. The predicted octanol–water partition coefficient (Wildman–Crippen LogP) is 2.74. The van der Waals surface area contributed by atoms with Gasteiger partial charge in [0.25, 0.3) is 0 Å². The number of allylic oxidation sites excluding steroid dienone is 1. The highest BCUT2D eigenvalue weighted by atomic mass is 35.5. The minimum Gasteiger partial charge on any atom is -0.398 e. The van der Waals surface area contributed by atoms with Gasteiger partial charge in [0.2, 0.25) is 11.4 Å². The summed E-state index contributed by atoms with van der Waals surface area (Å²) in [6, 6.07) is 5.76. The second-order valence-electron chi connectivity index (χ2n) is 6.69. The highest BCUT2D eigenvalue weighted by Crippen LogP contribution is 2.46. The molecule has 2 aromatic rings. The summed E-state index contributed by atoms with van der Waals surface area (Å²) < 4.78 is 0. The zero-order valence-corrected chi connectivity index (χ0v) is 13.5. The van der Waals surface area contributed by atoms with Gasteiger partial charge in [0.1, 0.15) is 0 Å². The molecule has 0 aliphatic heterocycles. The molecule has 0 radical (unpaired) electrons. The second kappa shape index (κ2) is 5.24. The molecule has 2 aliphatic rings. The highest BCUT2D eigenvalue weighted by Gasteiger charge is 2.36. The maximum Gasteiger partial charge on any atom is 0.221 e. The number of carbonyl (C=O) groups excluding carboxylic acids is 1. The van der Waals surface area contributed by atoms with Gasteiger partial charge in [0.15, 0.2) is 5.69 Å². The summed E-state index contributed by atoms with van der Waals surface area (Å²) in [6.45, 7) is 0. The maximum atomic E-state index is 11.2. The van der Waals surface area contributed by atoms with Crippen LogP contribution >= 0.6 is 11.6 Å². The standard InChI is InChI=1S/C18H18ClN3O/c19-12-1-2-13-14(8-12)22-15-6-9-3-10(7-16(20)23)5-11(4-9)17(15)18(13)21/h1-3,8-9,11H,4-7H2,(H2,20,23)(H2,21,22)/p+1. The number of fused-ring (bicyclic) bond motifs is 5. The largest absolute Gasteiger partial charge is 0.398 e. The molecule has 1 heterocycles. The molecule has 2 atom stereocenters. The number of benzene rings is 1. The van der Waals surface area contributed by atoms with Crippen molar-refractivity contribution >= 4 is 34.1 Å². The molecule has 5 N–H and O–H groups in total. The molecule has 23 heavy (non-hydrogen) atoms. The summed E-state index contributed by atoms with van der Waals surface area (Å²) in [5.41, 5.74) is 17.3. The summed E-state index contributed by atoms with van der Waals surface area (Å²) >= 11 is 6.10. The van der Waals surface area contributed by atoms with Crippen molar-refractivity contribution < 1.29 is 9.78 Å². The van der Waals surface area contributed by atoms with Crippen LogP contribution in [-0.2, 0) is 11.2 Å². The van der Waals surface area contributed by atoms with E-state index in [0.29, 0.717) is 23.3 Å². The monoisotopic (exact) mass is 328 g/mol. The lowest BCUT2D eigenvalue weighted by Crippen LogP contribution is -2.30. The van der Waals surface area contributed by atoms with Gasteiger partial charge in [0.05, 0.1) is 11.1 Å². The average Bonchev–Trinajstić information content (AvgIpc) is 2.45. The number of nitrogen functional groups attached to an aromatic ring is 1. The predicted molar refractivity (Wildman–Crippen MR) is 91.0 cm³/mol. The number of H-pyrrole nitrogens is 1. The SMILES string of the molecule is NC(=O)CC1=CC2Cc3[nH+]c4cc(Cl)ccc4c(N)c3C(C1)C2. The molecular weight excluding hydrogens is 310 g/mol. The number of halogens is 1. The number of aromatic amines is 1. The first kappa shape index (κ1) is 14.5. The van der Waals surface area contributed by atoms with E-state index in [1.54, 1.807) is 0 Å². The van der Waals surface area contributed by atoms with Crippen molar-refractivity contribution in [2.75, 3.05) is 5.73 Å². The van der Waals surface area contributed by atoms with Crippen LogP contribution in [0.25, 0.3) is 10.9 Å². The number of hydrogen-bond acceptors (Lipinski definition) is 2. The van der Waals surface area contributed by atoms with Gasteiger partial charge in [0, 0.05) is 29.5 Å². The molecule has 1 amide bonds. The van der Waals surface area contributed by atoms with Gasteiger partial charge in [-0.2, -0.15) is 0 Å². The van der Waals surface area contributed by atoms with Crippen LogP contribution in [0.1, 0.15) is 36.4 Å². The minimum absolute atomic E-state index is 0.260. The van der Waals surface area contributed by atoms with Gasteiger partial charge in [-0.1, -0.05) is 23.3 Å². The zero-order valence-electron chi connectivity index (χ0n) is 12.7. The van der Waals surface area contributed by atoms with E-state index in [9.17, 15) is 4.79 Å². The lowest BCUT2D eigenvalue weighted by molar-refractivity contribution is -0.360. The number of anilines is 1. The van der Waals surface area contributed by atoms with Crippen LogP contribution in [0.4, 0.5) is 5.69 Å². The van der Waals surface area contributed by atoms with Crippen molar-refractivity contribution in [3.8, 4) is 0 Å². The van der Waals surface area contributed by atoms with Gasteiger partial charge in [-0.25, -0.2) is 4.98 Å². The molecule has 5 heteroatoms. The fraction of sp³-hybridized carbons (Fsp3) is 0.333. The third-order valence-corrected chi connectivity index (χ3v) is 5.25. The first-order valence-corrected chi connectivity index (χ1v) is 8.29. The van der Waals surface area contributed by atoms with Gasteiger partial charge in [-0.05, 0) is 36.8 Å². The molecular formula is C18H19ClN3O+. The summed E-state index contributed by atoms with van der Waals surface area (Å²) in [5.74, 6) is 0.548. The molecule has 2 unspecified atom stereocenters. The third kappa shape index (κ3) is 2.47. The van der Waals surface area contributed by atoms with Gasteiger partial charge in [-0.3, -0.25) is 4.79 Å². The van der Waals surface area contributed by atoms with Crippen LogP contribution in [-0.4, -0.2) is 5.91 Å². The van der Waals surface area contributed by atoms with Crippen molar-refractivity contribution in [2.45, 2.75) is 31.6 Å². The van der Waals surface area contributed by atoms with E-state index < -0.39 is 0 Å². The number of pyridine rings is 1. The van der Waals surface area contributed by atoms with E-state index in [2.05, 4.69) is 11.1 Å². The number of nitrogens with two attached hydrogens (primary N) is 2. The summed E-state index contributed by atoms with van der Waals surface area (Å²) in [5, 5.41) is 1.71. The topological polar surface area (TPSA) is 83.2 Å². The molecule has 0 saturated carbocycles. The molecule has 2 bridgehead atoms. The van der Waals surface area contributed by atoms with Crippen LogP contribution in [0, 0.1) is 5.92 Å². The van der Waals surface area contributed by atoms with Crippen molar-refractivity contribution in [3.05, 3.63) is 46.1 Å². The Balaban J connectivity index is 1.82. The van der Waals surface area contributed by atoms with Gasteiger partial charge < -0.3 is 11.5 Å². The number of rotatable bonds is 2. The number of amides is 1. The summed E-state index contributed by atoms with van der Waals surface area (Å²) in [7, 11) is 0. The van der Waals surface area contributed by atoms with Crippen LogP contribution < -0.4 is 16.5 Å². The molecule has 1 aromatic heterocycles. The molecule has 1 aromatic carbocycles. The van der Waals surface area contributed by atoms with Crippen molar-refractivity contribution in [3.63, 3.8) is 0 Å². The summed E-state index contributed by atoms with van der Waals surface area (Å²) in [4.78, 5) is 14.8. The molecule has 4 nitrogen and oxygen atoms in total. The number of primary amides is 1. The van der Waals surface area contributed by atoms with E-state index >= 15 is 0 Å². The third-order valence-electron chi connectivity index (χ3n) is 5.02. The quantitative estimate of drug-likeness (QED) is 0.831. The van der Waals surface area contributed by atoms with Crippen LogP contribution in [0.15, 0.2) is 29.8 Å². The fourth-order valence-corrected chi connectivity index (χ4v) is 4.41. The lowest BCUT2D eigenvalue weighted by atomic mass is 9.70. The maximum absolute atomic E-state index is 11.2. The Morgan fingerprint density at radius 3 is 2.96 bits per heavy atom. The van der Waals surface area contributed by atoms with Crippen LogP contribution in [0.5, 0.6) is 0 Å². The number of hydrogen-bond donors (Lipinski definition) is 2. The smallest absolute Gasteiger partial charge is 0.221 e. The number of carbonyl (C=O) groups is 1. The Kier molecular flexibility index (Phi) is 3.31. The van der Waals surface area contributed by atoms with Crippen molar-refractivity contribution in [2.24, 2.45) is 11.7 Å². The van der Waals surface area contributed by atoms with Gasteiger partial charge >= 0.3 is 0 Å². The number of nitrogens with one attached hydrogen (secondary N) is 1. The summed E-state index contributed by atoms with van der Waals surface area (Å²) in [6.07, 6.45) is 5.46. The molecule has 0 saturated heterocycles. The Labute approximate surface area is 139 Å². The van der Waals surface area contributed by atoms with E-state index in [1.807, 2.05) is 18.2 Å². The Bertz CT molecular complexity index is 859. The molecule has 118 valence electrons. The first-order valence-electron chi connectivity index (χ1n) is 7.92. The Hall–Kier alpha value is -2.07. The Morgan fingerprint density at radius 1 is 1.35 bits per heavy atom. The minimum atomic E-state index is -0.260.